The molecule has 0 unspecified atom stereocenters. The Labute approximate surface area is 70.8 Å². The van der Waals surface area contributed by atoms with Crippen molar-refractivity contribution in [3.8, 4) is 0 Å². The third-order valence-electron chi connectivity index (χ3n) is 2.16. The van der Waals surface area contributed by atoms with Crippen LogP contribution in [0.4, 0.5) is 4.39 Å². The molecule has 1 heterocycles. The van der Waals surface area contributed by atoms with Crippen LogP contribution in [0.3, 0.4) is 0 Å². The fourth-order valence-corrected chi connectivity index (χ4v) is 1.43. The van der Waals surface area contributed by atoms with Crippen molar-refractivity contribution in [2.75, 3.05) is 13.1 Å². The molecule has 0 radical (unpaired) electrons. The molecule has 0 bridgehead atoms. The second-order valence-corrected chi connectivity index (χ2v) is 3.01. The second kappa shape index (κ2) is 3.21. The van der Waals surface area contributed by atoms with E-state index in [0.717, 1.165) is 13.1 Å². The van der Waals surface area contributed by atoms with Crippen LogP contribution in [0, 0.1) is 5.82 Å². The van der Waals surface area contributed by atoms with E-state index in [1.807, 2.05) is 12.1 Å². The number of halogens is 1. The summed E-state index contributed by atoms with van der Waals surface area (Å²) in [7, 11) is 0. The Bertz CT molecular complexity index is 252. The number of hydrazine groups is 1. The molecule has 2 N–H and O–H groups in total. The van der Waals surface area contributed by atoms with E-state index >= 15 is 0 Å². The zero-order valence-corrected chi connectivity index (χ0v) is 6.68. The number of hydrogen-bond acceptors (Lipinski definition) is 2. The van der Waals surface area contributed by atoms with Crippen LogP contribution < -0.4 is 10.9 Å². The Morgan fingerprint density at radius 3 is 2.25 bits per heavy atom. The molecule has 1 aliphatic rings. The standard InChI is InChI=1S/C9H11FN2/c10-9-3-1-7(2-4-9)8-5-11-12-6-8/h1-4,8,11-12H,5-6H2. The maximum Gasteiger partial charge on any atom is 0.123 e. The summed E-state index contributed by atoms with van der Waals surface area (Å²) in [6, 6.07) is 6.70. The Morgan fingerprint density at radius 2 is 1.67 bits per heavy atom. The monoisotopic (exact) mass is 166 g/mol. The van der Waals surface area contributed by atoms with E-state index < -0.39 is 0 Å². The minimum absolute atomic E-state index is 0.169. The maximum atomic E-state index is 12.5. The maximum absolute atomic E-state index is 12.5. The average Bonchev–Trinajstić information content (AvgIpc) is 2.58. The van der Waals surface area contributed by atoms with E-state index in [1.165, 1.54) is 17.7 Å². The van der Waals surface area contributed by atoms with Crippen LogP contribution in [0.2, 0.25) is 0 Å². The molecule has 1 fully saturated rings. The minimum atomic E-state index is -0.169. The molecule has 0 atom stereocenters. The van der Waals surface area contributed by atoms with Crippen molar-refractivity contribution in [3.63, 3.8) is 0 Å². The first-order valence-electron chi connectivity index (χ1n) is 4.07. The van der Waals surface area contributed by atoms with Gasteiger partial charge in [-0.15, -0.1) is 0 Å². The summed E-state index contributed by atoms with van der Waals surface area (Å²) in [5.74, 6) is 0.309. The van der Waals surface area contributed by atoms with E-state index in [2.05, 4.69) is 10.9 Å². The summed E-state index contributed by atoms with van der Waals surface area (Å²) in [5.41, 5.74) is 7.27. The van der Waals surface area contributed by atoms with Gasteiger partial charge in [-0.25, -0.2) is 4.39 Å². The predicted molar refractivity (Wildman–Crippen MR) is 45.1 cm³/mol. The van der Waals surface area contributed by atoms with Crippen molar-refractivity contribution in [3.05, 3.63) is 35.6 Å². The Kier molecular flexibility index (Phi) is 2.06. The molecule has 2 rings (SSSR count). The largest absolute Gasteiger partial charge is 0.257 e. The quantitative estimate of drug-likeness (QED) is 0.650. The summed E-state index contributed by atoms with van der Waals surface area (Å²) in [6.07, 6.45) is 0. The number of hydrogen-bond donors (Lipinski definition) is 2. The Hall–Kier alpha value is -0.930. The van der Waals surface area contributed by atoms with Crippen LogP contribution in [0.25, 0.3) is 0 Å². The summed E-state index contributed by atoms with van der Waals surface area (Å²) in [4.78, 5) is 0. The Morgan fingerprint density at radius 1 is 1.08 bits per heavy atom. The summed E-state index contributed by atoms with van der Waals surface area (Å²) >= 11 is 0. The molecule has 1 saturated heterocycles. The smallest absolute Gasteiger partial charge is 0.123 e. The van der Waals surface area contributed by atoms with Crippen molar-refractivity contribution in [2.24, 2.45) is 0 Å². The molecule has 1 aromatic rings. The first-order chi connectivity index (χ1) is 5.86. The van der Waals surface area contributed by atoms with Gasteiger partial charge in [-0.3, -0.25) is 10.9 Å². The van der Waals surface area contributed by atoms with Crippen LogP contribution in [0.1, 0.15) is 11.5 Å². The lowest BCUT2D eigenvalue weighted by atomic mass is 10.0. The van der Waals surface area contributed by atoms with Gasteiger partial charge in [0.1, 0.15) is 5.82 Å². The van der Waals surface area contributed by atoms with Gasteiger partial charge < -0.3 is 0 Å². The van der Waals surface area contributed by atoms with Crippen LogP contribution in [0.15, 0.2) is 24.3 Å². The highest BCUT2D eigenvalue weighted by Gasteiger charge is 2.15. The predicted octanol–water partition coefficient (Wildman–Crippen LogP) is 1.02. The molecule has 3 heteroatoms. The van der Waals surface area contributed by atoms with E-state index in [1.54, 1.807) is 0 Å². The highest BCUT2D eigenvalue weighted by atomic mass is 19.1. The molecule has 1 aliphatic heterocycles. The molecule has 0 aromatic heterocycles. The number of benzene rings is 1. The molecule has 2 nitrogen and oxygen atoms in total. The van der Waals surface area contributed by atoms with Crippen molar-refractivity contribution in [1.29, 1.82) is 0 Å². The molecule has 64 valence electrons. The van der Waals surface area contributed by atoms with E-state index in [-0.39, 0.29) is 5.82 Å². The van der Waals surface area contributed by atoms with Crippen LogP contribution >= 0.6 is 0 Å². The van der Waals surface area contributed by atoms with Gasteiger partial charge in [-0.1, -0.05) is 12.1 Å². The fourth-order valence-electron chi connectivity index (χ4n) is 1.43. The summed E-state index contributed by atoms with van der Waals surface area (Å²) in [5, 5.41) is 0. The van der Waals surface area contributed by atoms with Gasteiger partial charge in [0.05, 0.1) is 0 Å². The van der Waals surface area contributed by atoms with Crippen molar-refractivity contribution >= 4 is 0 Å². The normalized spacial score (nSPS) is 18.4. The summed E-state index contributed by atoms with van der Waals surface area (Å²) in [6.45, 7) is 1.84. The lowest BCUT2D eigenvalue weighted by Crippen LogP contribution is -2.21. The first kappa shape index (κ1) is 7.71. The first-order valence-corrected chi connectivity index (χ1v) is 4.07. The minimum Gasteiger partial charge on any atom is -0.257 e. The van der Waals surface area contributed by atoms with Crippen molar-refractivity contribution < 1.29 is 4.39 Å². The molecule has 1 aromatic carbocycles. The summed E-state index contributed by atoms with van der Waals surface area (Å²) < 4.78 is 12.5. The van der Waals surface area contributed by atoms with Crippen molar-refractivity contribution in [1.82, 2.24) is 10.9 Å². The fraction of sp³-hybridized carbons (Fsp3) is 0.333. The SMILES string of the molecule is Fc1ccc(C2CNNC2)cc1. The van der Waals surface area contributed by atoms with E-state index in [0.29, 0.717) is 5.92 Å². The van der Waals surface area contributed by atoms with E-state index in [4.69, 9.17) is 0 Å². The van der Waals surface area contributed by atoms with Crippen molar-refractivity contribution in [2.45, 2.75) is 5.92 Å². The van der Waals surface area contributed by atoms with Gasteiger partial charge in [0.15, 0.2) is 0 Å². The topological polar surface area (TPSA) is 24.1 Å². The second-order valence-electron chi connectivity index (χ2n) is 3.01. The highest BCUT2D eigenvalue weighted by Crippen LogP contribution is 2.16. The molecular weight excluding hydrogens is 155 g/mol. The highest BCUT2D eigenvalue weighted by molar-refractivity contribution is 5.21. The third kappa shape index (κ3) is 1.47. The van der Waals surface area contributed by atoms with Crippen LogP contribution in [-0.4, -0.2) is 13.1 Å². The van der Waals surface area contributed by atoms with E-state index in [9.17, 15) is 4.39 Å². The average molecular weight is 166 g/mol. The number of rotatable bonds is 1. The molecular formula is C9H11FN2. The Balaban J connectivity index is 2.17. The van der Waals surface area contributed by atoms with Gasteiger partial charge in [-0.2, -0.15) is 0 Å². The van der Waals surface area contributed by atoms with Gasteiger partial charge >= 0.3 is 0 Å². The van der Waals surface area contributed by atoms with Gasteiger partial charge in [0.25, 0.3) is 0 Å². The van der Waals surface area contributed by atoms with Gasteiger partial charge in [0, 0.05) is 19.0 Å². The number of nitrogens with one attached hydrogen (secondary N) is 2. The lowest BCUT2D eigenvalue weighted by molar-refractivity contribution is 0.626. The zero-order valence-electron chi connectivity index (χ0n) is 6.68. The van der Waals surface area contributed by atoms with Gasteiger partial charge in [-0.05, 0) is 17.7 Å². The molecule has 0 saturated carbocycles. The van der Waals surface area contributed by atoms with Gasteiger partial charge in [0.2, 0.25) is 0 Å². The molecule has 0 amide bonds. The third-order valence-corrected chi connectivity index (χ3v) is 2.16. The van der Waals surface area contributed by atoms with Crippen LogP contribution in [-0.2, 0) is 0 Å². The molecule has 12 heavy (non-hydrogen) atoms. The molecule has 0 aliphatic carbocycles. The van der Waals surface area contributed by atoms with Crippen LogP contribution in [0.5, 0.6) is 0 Å². The lowest BCUT2D eigenvalue weighted by Gasteiger charge is -2.06. The molecule has 0 spiro atoms. The zero-order chi connectivity index (χ0) is 8.39.